The van der Waals surface area contributed by atoms with Crippen molar-refractivity contribution in [1.82, 2.24) is 15.2 Å². The van der Waals surface area contributed by atoms with Crippen LogP contribution in [0.3, 0.4) is 0 Å². The first-order chi connectivity index (χ1) is 12.1. The van der Waals surface area contributed by atoms with E-state index in [1.54, 1.807) is 36.7 Å². The summed E-state index contributed by atoms with van der Waals surface area (Å²) in [5, 5.41) is 2.87. The quantitative estimate of drug-likeness (QED) is 0.933. The number of carbonyl (C=O) groups excluding carboxylic acids is 2. The van der Waals surface area contributed by atoms with Crippen LogP contribution in [0.25, 0.3) is 0 Å². The Morgan fingerprint density at radius 2 is 1.64 bits per heavy atom. The van der Waals surface area contributed by atoms with Crippen LogP contribution in [-0.4, -0.2) is 34.8 Å². The zero-order valence-electron chi connectivity index (χ0n) is 14.4. The molecule has 0 saturated carbocycles. The predicted molar refractivity (Wildman–Crippen MR) is 96.2 cm³/mol. The van der Waals surface area contributed by atoms with Crippen LogP contribution in [0.4, 0.5) is 0 Å². The van der Waals surface area contributed by atoms with Crippen LogP contribution in [0.5, 0.6) is 0 Å². The SMILES string of the molecule is CC1CCN(C(=O)c2ccc(C(=O)NCc3ccncc3)cc2)CC1. The van der Waals surface area contributed by atoms with Gasteiger partial charge < -0.3 is 10.2 Å². The summed E-state index contributed by atoms with van der Waals surface area (Å²) in [6.07, 6.45) is 5.51. The van der Waals surface area contributed by atoms with Crippen molar-refractivity contribution in [3.8, 4) is 0 Å². The second-order valence-electron chi connectivity index (χ2n) is 6.59. The molecule has 1 aliphatic rings. The highest BCUT2D eigenvalue weighted by Crippen LogP contribution is 2.18. The van der Waals surface area contributed by atoms with Crippen molar-refractivity contribution < 1.29 is 9.59 Å². The molecule has 3 rings (SSSR count). The number of amides is 2. The maximum atomic E-state index is 12.5. The molecule has 2 heterocycles. The number of benzene rings is 1. The van der Waals surface area contributed by atoms with Gasteiger partial charge in [-0.2, -0.15) is 0 Å². The highest BCUT2D eigenvalue weighted by atomic mass is 16.2. The second kappa shape index (κ2) is 7.92. The first kappa shape index (κ1) is 17.1. The van der Waals surface area contributed by atoms with Gasteiger partial charge in [0.25, 0.3) is 11.8 Å². The van der Waals surface area contributed by atoms with E-state index in [9.17, 15) is 9.59 Å². The van der Waals surface area contributed by atoms with E-state index in [1.165, 1.54) is 0 Å². The summed E-state index contributed by atoms with van der Waals surface area (Å²) in [5.74, 6) is 0.591. The lowest BCUT2D eigenvalue weighted by molar-refractivity contribution is 0.0696. The minimum Gasteiger partial charge on any atom is -0.348 e. The van der Waals surface area contributed by atoms with Crippen molar-refractivity contribution in [2.24, 2.45) is 5.92 Å². The molecule has 0 radical (unpaired) electrons. The van der Waals surface area contributed by atoms with Crippen LogP contribution < -0.4 is 5.32 Å². The number of nitrogens with one attached hydrogen (secondary N) is 1. The molecular weight excluding hydrogens is 314 g/mol. The van der Waals surface area contributed by atoms with Gasteiger partial charge in [-0.25, -0.2) is 0 Å². The second-order valence-corrected chi connectivity index (χ2v) is 6.59. The Hall–Kier alpha value is -2.69. The van der Waals surface area contributed by atoms with Crippen LogP contribution in [0, 0.1) is 5.92 Å². The number of likely N-dealkylation sites (tertiary alicyclic amines) is 1. The molecule has 130 valence electrons. The van der Waals surface area contributed by atoms with Gasteiger partial charge in [-0.1, -0.05) is 6.92 Å². The van der Waals surface area contributed by atoms with Gasteiger partial charge in [0, 0.05) is 43.2 Å². The van der Waals surface area contributed by atoms with Crippen LogP contribution in [-0.2, 0) is 6.54 Å². The van der Waals surface area contributed by atoms with E-state index in [-0.39, 0.29) is 11.8 Å². The molecule has 1 N–H and O–H groups in total. The fraction of sp³-hybridized carbons (Fsp3) is 0.350. The van der Waals surface area contributed by atoms with Crippen LogP contribution in [0.1, 0.15) is 46.0 Å². The zero-order chi connectivity index (χ0) is 17.6. The number of aromatic nitrogens is 1. The zero-order valence-corrected chi connectivity index (χ0v) is 14.4. The van der Waals surface area contributed by atoms with E-state index in [2.05, 4.69) is 17.2 Å². The summed E-state index contributed by atoms with van der Waals surface area (Å²) < 4.78 is 0. The molecule has 1 aromatic heterocycles. The topological polar surface area (TPSA) is 62.3 Å². The number of nitrogens with zero attached hydrogens (tertiary/aromatic N) is 2. The Labute approximate surface area is 148 Å². The summed E-state index contributed by atoms with van der Waals surface area (Å²) in [6, 6.07) is 10.6. The average molecular weight is 337 g/mol. The minimum atomic E-state index is -0.150. The standard InChI is InChI=1S/C20H23N3O2/c1-15-8-12-23(13-9-15)20(25)18-4-2-17(3-5-18)19(24)22-14-16-6-10-21-11-7-16/h2-7,10-11,15H,8-9,12-14H2,1H3,(H,22,24). The molecule has 5 heteroatoms. The third-order valence-electron chi connectivity index (χ3n) is 4.67. The van der Waals surface area contributed by atoms with Crippen molar-refractivity contribution >= 4 is 11.8 Å². The van der Waals surface area contributed by atoms with Gasteiger partial charge in [0.2, 0.25) is 0 Å². The number of carbonyl (C=O) groups is 2. The molecule has 0 unspecified atom stereocenters. The van der Waals surface area contributed by atoms with Crippen molar-refractivity contribution in [2.75, 3.05) is 13.1 Å². The Kier molecular flexibility index (Phi) is 5.43. The highest BCUT2D eigenvalue weighted by molar-refractivity contribution is 5.97. The van der Waals surface area contributed by atoms with Crippen molar-refractivity contribution in [3.05, 3.63) is 65.5 Å². The number of pyridine rings is 1. The molecule has 0 atom stereocenters. The van der Waals surface area contributed by atoms with E-state index < -0.39 is 0 Å². The van der Waals surface area contributed by atoms with Gasteiger partial charge in [0.05, 0.1) is 0 Å². The molecule has 1 saturated heterocycles. The summed E-state index contributed by atoms with van der Waals surface area (Å²) >= 11 is 0. The molecule has 1 aromatic carbocycles. The molecule has 25 heavy (non-hydrogen) atoms. The van der Waals surface area contributed by atoms with Gasteiger partial charge in [0.1, 0.15) is 0 Å². The smallest absolute Gasteiger partial charge is 0.253 e. The van der Waals surface area contributed by atoms with Crippen molar-refractivity contribution in [1.29, 1.82) is 0 Å². The summed E-state index contributed by atoms with van der Waals surface area (Å²) in [4.78, 5) is 30.6. The number of hydrogen-bond donors (Lipinski definition) is 1. The van der Waals surface area contributed by atoms with Crippen LogP contribution in [0.2, 0.25) is 0 Å². The lowest BCUT2D eigenvalue weighted by Gasteiger charge is -2.30. The first-order valence-electron chi connectivity index (χ1n) is 8.70. The first-order valence-corrected chi connectivity index (χ1v) is 8.70. The van der Waals surface area contributed by atoms with E-state index in [0.717, 1.165) is 31.5 Å². The van der Waals surface area contributed by atoms with E-state index in [0.29, 0.717) is 23.6 Å². The fourth-order valence-electron chi connectivity index (χ4n) is 2.94. The monoisotopic (exact) mass is 337 g/mol. The Morgan fingerprint density at radius 1 is 1.04 bits per heavy atom. The molecular formula is C20H23N3O2. The highest BCUT2D eigenvalue weighted by Gasteiger charge is 2.21. The molecule has 1 aliphatic heterocycles. The lowest BCUT2D eigenvalue weighted by atomic mass is 9.98. The number of piperidine rings is 1. The van der Waals surface area contributed by atoms with Gasteiger partial charge in [-0.15, -0.1) is 0 Å². The molecule has 0 aliphatic carbocycles. The largest absolute Gasteiger partial charge is 0.348 e. The van der Waals surface area contributed by atoms with Gasteiger partial charge >= 0.3 is 0 Å². The fourth-order valence-corrected chi connectivity index (χ4v) is 2.94. The van der Waals surface area contributed by atoms with E-state index >= 15 is 0 Å². The van der Waals surface area contributed by atoms with Crippen molar-refractivity contribution in [2.45, 2.75) is 26.3 Å². The maximum absolute atomic E-state index is 12.5. The molecule has 2 amide bonds. The lowest BCUT2D eigenvalue weighted by Crippen LogP contribution is -2.37. The molecule has 2 aromatic rings. The Balaban J connectivity index is 1.58. The Bertz CT molecular complexity index is 720. The van der Waals surface area contributed by atoms with Crippen LogP contribution >= 0.6 is 0 Å². The molecule has 0 spiro atoms. The summed E-state index contributed by atoms with van der Waals surface area (Å²) in [5.41, 5.74) is 2.19. The number of rotatable bonds is 4. The van der Waals surface area contributed by atoms with Crippen LogP contribution in [0.15, 0.2) is 48.8 Å². The molecule has 1 fully saturated rings. The predicted octanol–water partition coefficient (Wildman–Crippen LogP) is 2.88. The summed E-state index contributed by atoms with van der Waals surface area (Å²) in [7, 11) is 0. The molecule has 5 nitrogen and oxygen atoms in total. The molecule has 0 bridgehead atoms. The third-order valence-corrected chi connectivity index (χ3v) is 4.67. The van der Waals surface area contributed by atoms with Gasteiger partial charge in [-0.3, -0.25) is 14.6 Å². The minimum absolute atomic E-state index is 0.0515. The van der Waals surface area contributed by atoms with Gasteiger partial charge in [-0.05, 0) is 60.7 Å². The van der Waals surface area contributed by atoms with Crippen molar-refractivity contribution in [3.63, 3.8) is 0 Å². The van der Waals surface area contributed by atoms with Gasteiger partial charge in [0.15, 0.2) is 0 Å². The third kappa shape index (κ3) is 4.44. The summed E-state index contributed by atoms with van der Waals surface area (Å²) in [6.45, 7) is 4.30. The normalized spacial score (nSPS) is 15.0. The van der Waals surface area contributed by atoms with E-state index in [4.69, 9.17) is 0 Å². The Morgan fingerprint density at radius 3 is 2.28 bits per heavy atom. The average Bonchev–Trinajstić information content (AvgIpc) is 2.67. The van der Waals surface area contributed by atoms with E-state index in [1.807, 2.05) is 17.0 Å². The maximum Gasteiger partial charge on any atom is 0.253 e. The number of hydrogen-bond acceptors (Lipinski definition) is 3.